The van der Waals surface area contributed by atoms with Crippen molar-refractivity contribution in [3.8, 4) is 11.4 Å². The van der Waals surface area contributed by atoms with Gasteiger partial charge in [-0.2, -0.15) is 0 Å². The summed E-state index contributed by atoms with van der Waals surface area (Å²) in [6.45, 7) is 0.412. The van der Waals surface area contributed by atoms with E-state index in [1.165, 1.54) is 11.8 Å². The van der Waals surface area contributed by atoms with Gasteiger partial charge in [-0.3, -0.25) is 14.7 Å². The summed E-state index contributed by atoms with van der Waals surface area (Å²) in [6, 6.07) is 23.3. The lowest BCUT2D eigenvalue weighted by Gasteiger charge is -2.15. The summed E-state index contributed by atoms with van der Waals surface area (Å²) < 4.78 is 7.25. The molecule has 1 aliphatic rings. The first kappa shape index (κ1) is 21.7. The van der Waals surface area contributed by atoms with E-state index in [4.69, 9.17) is 9.73 Å². The molecule has 0 unspecified atom stereocenters. The minimum absolute atomic E-state index is 0.0688. The summed E-state index contributed by atoms with van der Waals surface area (Å²) >= 11 is 1.39. The predicted octanol–water partition coefficient (Wildman–Crippen LogP) is 5.69. The summed E-state index contributed by atoms with van der Waals surface area (Å²) in [5.74, 6) is 0.742. The molecular weight excluding hydrogens is 444 g/mol. The van der Waals surface area contributed by atoms with Crippen molar-refractivity contribution in [3.63, 3.8) is 0 Å². The van der Waals surface area contributed by atoms with Crippen LogP contribution in [0.3, 0.4) is 0 Å². The molecule has 1 amide bonds. The normalized spacial score (nSPS) is 15.9. The number of ether oxygens (including phenoxy) is 1. The lowest BCUT2D eigenvalue weighted by Crippen LogP contribution is -2.28. The number of amidine groups is 1. The molecule has 0 bridgehead atoms. The van der Waals surface area contributed by atoms with Crippen molar-refractivity contribution in [2.24, 2.45) is 4.99 Å². The number of carbonyl (C=O) groups is 1. The number of nitrogens with zero attached hydrogens (tertiary/aromatic N) is 4. The number of aliphatic imine (C=N–C) groups is 1. The molecule has 2 aromatic heterocycles. The molecule has 7 heteroatoms. The van der Waals surface area contributed by atoms with Crippen molar-refractivity contribution < 1.29 is 9.53 Å². The van der Waals surface area contributed by atoms with Gasteiger partial charge in [0.25, 0.3) is 5.91 Å². The molecule has 0 radical (unpaired) electrons. The second kappa shape index (κ2) is 9.80. The van der Waals surface area contributed by atoms with Crippen molar-refractivity contribution in [1.29, 1.82) is 0 Å². The van der Waals surface area contributed by atoms with E-state index in [1.54, 1.807) is 24.4 Å². The van der Waals surface area contributed by atoms with Crippen LogP contribution >= 0.6 is 11.8 Å². The number of thioether (sulfide) groups is 1. The van der Waals surface area contributed by atoms with Gasteiger partial charge in [-0.25, -0.2) is 4.99 Å². The summed E-state index contributed by atoms with van der Waals surface area (Å²) in [7, 11) is 1.65. The van der Waals surface area contributed by atoms with E-state index < -0.39 is 0 Å². The van der Waals surface area contributed by atoms with Gasteiger partial charge in [0.2, 0.25) is 0 Å². The fourth-order valence-corrected chi connectivity index (χ4v) is 4.58. The van der Waals surface area contributed by atoms with Gasteiger partial charge in [-0.15, -0.1) is 0 Å². The molecule has 1 aliphatic heterocycles. The van der Waals surface area contributed by atoms with Gasteiger partial charge in [0.15, 0.2) is 5.17 Å². The molecule has 2 aromatic carbocycles. The lowest BCUT2D eigenvalue weighted by atomic mass is 10.2. The molecule has 5 rings (SSSR count). The molecule has 0 N–H and O–H groups in total. The van der Waals surface area contributed by atoms with Crippen LogP contribution in [-0.4, -0.2) is 32.6 Å². The largest absolute Gasteiger partial charge is 0.497 e. The maximum Gasteiger partial charge on any atom is 0.267 e. The van der Waals surface area contributed by atoms with Crippen molar-refractivity contribution in [1.82, 2.24) is 14.5 Å². The molecule has 0 saturated carbocycles. The van der Waals surface area contributed by atoms with E-state index in [0.717, 1.165) is 28.3 Å². The number of rotatable bonds is 6. The molecular formula is C27H22N4O2S. The van der Waals surface area contributed by atoms with E-state index >= 15 is 0 Å². The predicted molar refractivity (Wildman–Crippen MR) is 136 cm³/mol. The average Bonchev–Trinajstić information content (AvgIpc) is 3.46. The average molecular weight is 467 g/mol. The first-order valence-electron chi connectivity index (χ1n) is 10.8. The van der Waals surface area contributed by atoms with Crippen LogP contribution in [-0.2, 0) is 11.3 Å². The Hall–Kier alpha value is -4.10. The van der Waals surface area contributed by atoms with Gasteiger partial charge in [-0.05, 0) is 77.5 Å². The molecule has 0 aliphatic carbocycles. The second-order valence-corrected chi connectivity index (χ2v) is 8.65. The number of methoxy groups -OCH3 is 1. The second-order valence-electron chi connectivity index (χ2n) is 7.64. The number of aromatic nitrogens is 2. The van der Waals surface area contributed by atoms with Crippen LogP contribution in [0, 0.1) is 0 Å². The smallest absolute Gasteiger partial charge is 0.267 e. The van der Waals surface area contributed by atoms with E-state index in [0.29, 0.717) is 16.6 Å². The fourth-order valence-electron chi connectivity index (χ4n) is 3.58. The van der Waals surface area contributed by atoms with Crippen molar-refractivity contribution in [3.05, 3.63) is 114 Å². The van der Waals surface area contributed by atoms with Crippen LogP contribution in [0.5, 0.6) is 5.75 Å². The molecule has 1 fully saturated rings. The molecule has 3 heterocycles. The first-order valence-corrected chi connectivity index (χ1v) is 11.6. The van der Waals surface area contributed by atoms with Crippen LogP contribution in [0.1, 0.15) is 11.1 Å². The number of para-hydroxylation sites is 1. The maximum absolute atomic E-state index is 13.4. The maximum atomic E-state index is 13.4. The molecule has 0 spiro atoms. The summed E-state index contributed by atoms with van der Waals surface area (Å²) in [4.78, 5) is 24.7. The van der Waals surface area contributed by atoms with Crippen LogP contribution in [0.15, 0.2) is 107 Å². The van der Waals surface area contributed by atoms with E-state index in [9.17, 15) is 4.79 Å². The molecule has 168 valence electrons. The quantitative estimate of drug-likeness (QED) is 0.343. The first-order chi connectivity index (χ1) is 16.7. The van der Waals surface area contributed by atoms with Crippen LogP contribution in [0.25, 0.3) is 11.8 Å². The highest BCUT2D eigenvalue weighted by molar-refractivity contribution is 8.18. The minimum atomic E-state index is -0.0688. The van der Waals surface area contributed by atoms with Crippen molar-refractivity contribution in [2.75, 3.05) is 7.11 Å². The van der Waals surface area contributed by atoms with Crippen molar-refractivity contribution in [2.45, 2.75) is 6.54 Å². The number of hydrogen-bond donors (Lipinski definition) is 0. The van der Waals surface area contributed by atoms with Crippen LogP contribution in [0.4, 0.5) is 5.69 Å². The highest BCUT2D eigenvalue weighted by atomic mass is 32.2. The van der Waals surface area contributed by atoms with Gasteiger partial charge in [0.05, 0.1) is 24.2 Å². The molecule has 1 saturated heterocycles. The molecule has 34 heavy (non-hydrogen) atoms. The van der Waals surface area contributed by atoms with E-state index in [-0.39, 0.29) is 5.91 Å². The van der Waals surface area contributed by atoms with Gasteiger partial charge < -0.3 is 9.30 Å². The van der Waals surface area contributed by atoms with Gasteiger partial charge in [-0.1, -0.05) is 24.3 Å². The molecule has 6 nitrogen and oxygen atoms in total. The number of benzene rings is 2. The Bertz CT molecular complexity index is 1350. The zero-order valence-electron chi connectivity index (χ0n) is 18.5. The third kappa shape index (κ3) is 4.79. The lowest BCUT2D eigenvalue weighted by molar-refractivity contribution is -0.122. The highest BCUT2D eigenvalue weighted by Crippen LogP contribution is 2.35. The Kier molecular flexibility index (Phi) is 6.27. The monoisotopic (exact) mass is 466 g/mol. The van der Waals surface area contributed by atoms with Crippen molar-refractivity contribution >= 4 is 34.6 Å². The van der Waals surface area contributed by atoms with Gasteiger partial charge in [0.1, 0.15) is 5.75 Å². The number of carbonyl (C=O) groups excluding carboxylic acids is 1. The minimum Gasteiger partial charge on any atom is -0.497 e. The van der Waals surface area contributed by atoms with E-state index in [1.807, 2.05) is 95.8 Å². The molecule has 4 aromatic rings. The zero-order valence-corrected chi connectivity index (χ0v) is 19.4. The third-order valence-corrected chi connectivity index (χ3v) is 6.32. The summed E-state index contributed by atoms with van der Waals surface area (Å²) in [6.07, 6.45) is 9.39. The standard InChI is InChI=1S/C27H22N4O2S/c1-33-24-11-9-23(10-12-24)30-15-13-20(18-30)16-25-26(32)31(19-21-6-5-14-28-17-21)27(34-25)29-22-7-3-2-4-8-22/h2-18H,19H2,1H3/b25-16+,29-27?. The number of pyridine rings is 1. The summed E-state index contributed by atoms with van der Waals surface area (Å²) in [5, 5.41) is 0.654. The topological polar surface area (TPSA) is 59.7 Å². The van der Waals surface area contributed by atoms with Crippen LogP contribution in [0.2, 0.25) is 0 Å². The SMILES string of the molecule is COc1ccc(-n2ccc(/C=C3/SC(=Nc4ccccc4)N(Cc4cccnc4)C3=O)c2)cc1. The summed E-state index contributed by atoms with van der Waals surface area (Å²) in [5.41, 5.74) is 3.71. The number of hydrogen-bond acceptors (Lipinski definition) is 5. The third-order valence-electron chi connectivity index (χ3n) is 5.32. The Labute approximate surface area is 202 Å². The highest BCUT2D eigenvalue weighted by Gasteiger charge is 2.33. The Morgan fingerprint density at radius 3 is 2.59 bits per heavy atom. The number of amides is 1. The Morgan fingerprint density at radius 2 is 1.85 bits per heavy atom. The Morgan fingerprint density at radius 1 is 1.03 bits per heavy atom. The zero-order chi connectivity index (χ0) is 23.3. The van der Waals surface area contributed by atoms with Gasteiger partial charge in [0, 0.05) is 30.5 Å². The fraction of sp³-hybridized carbons (Fsp3) is 0.0741. The van der Waals surface area contributed by atoms with Gasteiger partial charge >= 0.3 is 0 Å². The Balaban J connectivity index is 1.44. The van der Waals surface area contributed by atoms with Crippen LogP contribution < -0.4 is 4.74 Å². The molecule has 0 atom stereocenters. The van der Waals surface area contributed by atoms with E-state index in [2.05, 4.69) is 4.98 Å².